The van der Waals surface area contributed by atoms with Crippen LogP contribution in [-0.4, -0.2) is 22.7 Å². The molecule has 0 spiro atoms. The molecule has 0 bridgehead atoms. The maximum atomic E-state index is 10.6. The fraction of sp³-hybridized carbons (Fsp3) is 0.0625. The van der Waals surface area contributed by atoms with Crippen molar-refractivity contribution in [2.24, 2.45) is 0 Å². The van der Waals surface area contributed by atoms with Crippen LogP contribution < -0.4 is 0 Å². The summed E-state index contributed by atoms with van der Waals surface area (Å²) in [6.45, 7) is 0. The Kier molecular flexibility index (Phi) is 4.46. The lowest BCUT2D eigenvalue weighted by atomic mass is 10.2. The van der Waals surface area contributed by atoms with Crippen LogP contribution in [-0.2, 0) is 0 Å². The zero-order valence-electron chi connectivity index (χ0n) is 11.6. The SMILES string of the molecule is CN(/C=C/c1ccc([N+](=O)[O-])cc1)C(=N)c1ccccc1. The molecule has 0 amide bonds. The van der Waals surface area contributed by atoms with E-state index in [2.05, 4.69) is 0 Å². The summed E-state index contributed by atoms with van der Waals surface area (Å²) in [5, 5.41) is 18.7. The number of hydrogen-bond acceptors (Lipinski definition) is 3. The number of non-ortho nitro benzene ring substituents is 1. The molecule has 0 fully saturated rings. The molecule has 0 atom stereocenters. The molecular formula is C16H15N3O2. The quantitative estimate of drug-likeness (QED) is 0.403. The highest BCUT2D eigenvalue weighted by Gasteiger charge is 2.04. The fourth-order valence-corrected chi connectivity index (χ4v) is 1.78. The van der Waals surface area contributed by atoms with E-state index in [0.29, 0.717) is 5.84 Å². The maximum Gasteiger partial charge on any atom is 0.269 e. The van der Waals surface area contributed by atoms with E-state index in [4.69, 9.17) is 5.41 Å². The minimum absolute atomic E-state index is 0.0672. The molecule has 21 heavy (non-hydrogen) atoms. The Labute approximate surface area is 122 Å². The highest BCUT2D eigenvalue weighted by atomic mass is 16.6. The second kappa shape index (κ2) is 6.47. The lowest BCUT2D eigenvalue weighted by Gasteiger charge is -2.15. The molecule has 106 valence electrons. The smallest absolute Gasteiger partial charge is 0.269 e. The second-order valence-corrected chi connectivity index (χ2v) is 4.49. The average molecular weight is 281 g/mol. The van der Waals surface area contributed by atoms with Crippen molar-refractivity contribution < 1.29 is 4.92 Å². The van der Waals surface area contributed by atoms with Crippen LogP contribution in [0.1, 0.15) is 11.1 Å². The van der Waals surface area contributed by atoms with E-state index >= 15 is 0 Å². The van der Waals surface area contributed by atoms with E-state index < -0.39 is 4.92 Å². The Hall–Kier alpha value is -2.95. The van der Waals surface area contributed by atoms with Gasteiger partial charge in [0.2, 0.25) is 0 Å². The summed E-state index contributed by atoms with van der Waals surface area (Å²) in [7, 11) is 1.79. The van der Waals surface area contributed by atoms with Crippen molar-refractivity contribution in [2.75, 3.05) is 7.05 Å². The summed E-state index contributed by atoms with van der Waals surface area (Å²) >= 11 is 0. The lowest BCUT2D eigenvalue weighted by Crippen LogP contribution is -2.20. The Morgan fingerprint density at radius 1 is 1.14 bits per heavy atom. The maximum absolute atomic E-state index is 10.6. The molecule has 0 aromatic heterocycles. The van der Waals surface area contributed by atoms with Gasteiger partial charge in [-0.05, 0) is 23.8 Å². The molecule has 2 aromatic rings. The van der Waals surface area contributed by atoms with Crippen LogP contribution in [0, 0.1) is 15.5 Å². The number of nitro groups is 1. The first-order valence-electron chi connectivity index (χ1n) is 6.37. The fourth-order valence-electron chi connectivity index (χ4n) is 1.78. The second-order valence-electron chi connectivity index (χ2n) is 4.49. The first-order chi connectivity index (χ1) is 10.1. The van der Waals surface area contributed by atoms with Gasteiger partial charge in [-0.25, -0.2) is 0 Å². The summed E-state index contributed by atoms with van der Waals surface area (Å²) in [4.78, 5) is 11.8. The van der Waals surface area contributed by atoms with Crippen molar-refractivity contribution in [2.45, 2.75) is 0 Å². The lowest BCUT2D eigenvalue weighted by molar-refractivity contribution is -0.384. The van der Waals surface area contributed by atoms with Gasteiger partial charge in [0.25, 0.3) is 5.69 Å². The van der Waals surface area contributed by atoms with Crippen LogP contribution in [0.2, 0.25) is 0 Å². The Morgan fingerprint density at radius 2 is 1.76 bits per heavy atom. The van der Waals surface area contributed by atoms with Crippen LogP contribution in [0.4, 0.5) is 5.69 Å². The third-order valence-corrected chi connectivity index (χ3v) is 2.99. The van der Waals surface area contributed by atoms with Gasteiger partial charge in [-0.3, -0.25) is 15.5 Å². The van der Waals surface area contributed by atoms with Gasteiger partial charge in [0.1, 0.15) is 5.84 Å². The molecule has 5 nitrogen and oxygen atoms in total. The summed E-state index contributed by atoms with van der Waals surface area (Å²) in [5.74, 6) is 0.383. The predicted molar refractivity (Wildman–Crippen MR) is 83.2 cm³/mol. The number of nitrogens with one attached hydrogen (secondary N) is 1. The Bertz CT molecular complexity index is 664. The molecular weight excluding hydrogens is 266 g/mol. The molecule has 0 saturated heterocycles. The van der Waals surface area contributed by atoms with E-state index in [-0.39, 0.29) is 5.69 Å². The average Bonchev–Trinajstić information content (AvgIpc) is 2.53. The van der Waals surface area contributed by atoms with Gasteiger partial charge < -0.3 is 4.90 Å². The van der Waals surface area contributed by atoms with E-state index in [9.17, 15) is 10.1 Å². The predicted octanol–water partition coefficient (Wildman–Crippen LogP) is 3.52. The summed E-state index contributed by atoms with van der Waals surface area (Å²) in [6.07, 6.45) is 3.57. The largest absolute Gasteiger partial charge is 0.336 e. The molecule has 0 radical (unpaired) electrons. The molecule has 5 heteroatoms. The summed E-state index contributed by atoms with van der Waals surface area (Å²) in [6, 6.07) is 15.7. The number of hydrogen-bond donors (Lipinski definition) is 1. The van der Waals surface area contributed by atoms with Crippen LogP contribution in [0.15, 0.2) is 60.8 Å². The van der Waals surface area contributed by atoms with E-state index in [1.807, 2.05) is 30.3 Å². The van der Waals surface area contributed by atoms with Crippen LogP contribution in [0.5, 0.6) is 0 Å². The molecule has 0 unspecified atom stereocenters. The van der Waals surface area contributed by atoms with Gasteiger partial charge >= 0.3 is 0 Å². The highest BCUT2D eigenvalue weighted by molar-refractivity contribution is 5.97. The molecule has 0 aliphatic rings. The Balaban J connectivity index is 2.06. The molecule has 0 aliphatic heterocycles. The molecule has 0 aliphatic carbocycles. The molecule has 0 heterocycles. The van der Waals surface area contributed by atoms with Crippen LogP contribution in [0.3, 0.4) is 0 Å². The van der Waals surface area contributed by atoms with Crippen molar-refractivity contribution in [3.8, 4) is 0 Å². The molecule has 0 saturated carbocycles. The summed E-state index contributed by atoms with van der Waals surface area (Å²) in [5.41, 5.74) is 1.74. The van der Waals surface area contributed by atoms with Crippen LogP contribution in [0.25, 0.3) is 6.08 Å². The first kappa shape index (κ1) is 14.5. The number of rotatable bonds is 4. The monoisotopic (exact) mass is 281 g/mol. The highest BCUT2D eigenvalue weighted by Crippen LogP contribution is 2.13. The topological polar surface area (TPSA) is 70.2 Å². The van der Waals surface area contributed by atoms with Gasteiger partial charge in [-0.15, -0.1) is 0 Å². The third kappa shape index (κ3) is 3.76. The van der Waals surface area contributed by atoms with Crippen molar-refractivity contribution in [1.29, 1.82) is 5.41 Å². The Morgan fingerprint density at radius 3 is 2.33 bits per heavy atom. The zero-order valence-corrected chi connectivity index (χ0v) is 11.6. The van der Waals surface area contributed by atoms with Gasteiger partial charge in [0, 0.05) is 30.9 Å². The van der Waals surface area contributed by atoms with Gasteiger partial charge in [0.05, 0.1) is 4.92 Å². The number of benzene rings is 2. The minimum Gasteiger partial charge on any atom is -0.336 e. The standard InChI is InChI=1S/C16H15N3O2/c1-18(16(17)14-5-3-2-4-6-14)12-11-13-7-9-15(10-8-13)19(20)21/h2-12,17H,1H3/b12-11+,17-16?. The molecule has 1 N–H and O–H groups in total. The van der Waals surface area contributed by atoms with Crippen molar-refractivity contribution >= 4 is 17.6 Å². The van der Waals surface area contributed by atoms with Crippen molar-refractivity contribution in [3.63, 3.8) is 0 Å². The van der Waals surface area contributed by atoms with Gasteiger partial charge in [0.15, 0.2) is 0 Å². The third-order valence-electron chi connectivity index (χ3n) is 2.99. The van der Waals surface area contributed by atoms with E-state index in [0.717, 1.165) is 11.1 Å². The van der Waals surface area contributed by atoms with E-state index in [1.165, 1.54) is 12.1 Å². The van der Waals surface area contributed by atoms with Crippen molar-refractivity contribution in [1.82, 2.24) is 4.90 Å². The van der Waals surface area contributed by atoms with Gasteiger partial charge in [-0.1, -0.05) is 30.3 Å². The number of nitrogens with zero attached hydrogens (tertiary/aromatic N) is 2. The molecule has 2 rings (SSSR count). The molecule has 2 aromatic carbocycles. The van der Waals surface area contributed by atoms with E-state index in [1.54, 1.807) is 36.4 Å². The normalized spacial score (nSPS) is 10.5. The zero-order chi connectivity index (χ0) is 15.2. The number of nitro benzene ring substituents is 1. The van der Waals surface area contributed by atoms with Gasteiger partial charge in [-0.2, -0.15) is 0 Å². The van der Waals surface area contributed by atoms with Crippen LogP contribution >= 0.6 is 0 Å². The number of amidine groups is 1. The van der Waals surface area contributed by atoms with Crippen molar-refractivity contribution in [3.05, 3.63) is 82.0 Å². The first-order valence-corrected chi connectivity index (χ1v) is 6.37. The summed E-state index contributed by atoms with van der Waals surface area (Å²) < 4.78 is 0. The minimum atomic E-state index is -0.426.